The predicted molar refractivity (Wildman–Crippen MR) is 99.0 cm³/mol. The molecule has 26 heavy (non-hydrogen) atoms. The zero-order valence-corrected chi connectivity index (χ0v) is 14.6. The quantitative estimate of drug-likeness (QED) is 0.684. The van der Waals surface area contributed by atoms with Gasteiger partial charge in [-0.2, -0.15) is 10.4 Å². The van der Waals surface area contributed by atoms with E-state index in [0.29, 0.717) is 17.8 Å². The van der Waals surface area contributed by atoms with Crippen molar-refractivity contribution in [2.45, 2.75) is 19.3 Å². The molecule has 0 N–H and O–H groups in total. The van der Waals surface area contributed by atoms with E-state index in [-0.39, 0.29) is 0 Å². The highest BCUT2D eigenvalue weighted by atomic mass is 15.3. The first kappa shape index (κ1) is 15.4. The van der Waals surface area contributed by atoms with Gasteiger partial charge in [-0.3, -0.25) is 0 Å². The number of hydrogen-bond acceptors (Lipinski definition) is 4. The van der Waals surface area contributed by atoms with Crippen LogP contribution in [-0.2, 0) is 6.42 Å². The Morgan fingerprint density at radius 1 is 1.04 bits per heavy atom. The van der Waals surface area contributed by atoms with Gasteiger partial charge in [0.1, 0.15) is 0 Å². The van der Waals surface area contributed by atoms with Gasteiger partial charge in [0.25, 0.3) is 0 Å². The van der Waals surface area contributed by atoms with Crippen LogP contribution in [0.3, 0.4) is 0 Å². The summed E-state index contributed by atoms with van der Waals surface area (Å²) in [5, 5.41) is 14.0. The first-order chi connectivity index (χ1) is 12.8. The van der Waals surface area contributed by atoms with Gasteiger partial charge in [0.2, 0.25) is 0 Å². The molecular formula is C21H21N5. The van der Waals surface area contributed by atoms with Gasteiger partial charge in [-0.15, -0.1) is 0 Å². The maximum atomic E-state index is 9.21. The highest BCUT2D eigenvalue weighted by Gasteiger charge is 2.42. The van der Waals surface area contributed by atoms with Crippen LogP contribution in [0.4, 0.5) is 0 Å². The summed E-state index contributed by atoms with van der Waals surface area (Å²) in [4.78, 5) is 6.83. The Bertz CT molecular complexity index is 957. The molecular weight excluding hydrogens is 322 g/mol. The van der Waals surface area contributed by atoms with Crippen molar-refractivity contribution in [3.8, 4) is 17.3 Å². The zero-order chi connectivity index (χ0) is 17.5. The van der Waals surface area contributed by atoms with Crippen LogP contribution in [0.2, 0.25) is 0 Å². The second-order valence-corrected chi connectivity index (χ2v) is 7.55. The lowest BCUT2D eigenvalue weighted by Crippen LogP contribution is -2.40. The molecule has 3 atom stereocenters. The number of nitrogens with zero attached hydrogens (tertiary/aromatic N) is 5. The molecule has 1 saturated carbocycles. The fraction of sp³-hybridized carbons (Fsp3) is 0.381. The molecule has 2 bridgehead atoms. The number of pyridine rings is 1. The highest BCUT2D eigenvalue weighted by Crippen LogP contribution is 2.43. The molecule has 5 nitrogen and oxygen atoms in total. The van der Waals surface area contributed by atoms with Gasteiger partial charge < -0.3 is 4.90 Å². The standard InChI is InChI=1S/C21H21N5/c22-14-25-12-16-8-9-17(13-25)19(16)11-20-23-21-18(7-4-10-26(21)24-20)15-5-2-1-3-6-15/h1-7,10,16-17,19H,8-9,11-13H2/t16-,17+,19?. The lowest BCUT2D eigenvalue weighted by atomic mass is 9.83. The van der Waals surface area contributed by atoms with Crippen LogP contribution < -0.4 is 0 Å². The number of nitriles is 1. The molecule has 1 saturated heterocycles. The summed E-state index contributed by atoms with van der Waals surface area (Å²) in [6.45, 7) is 1.81. The van der Waals surface area contributed by atoms with E-state index in [2.05, 4.69) is 36.5 Å². The molecule has 3 heterocycles. The largest absolute Gasteiger partial charge is 0.310 e. The Kier molecular flexibility index (Phi) is 3.63. The molecule has 0 amide bonds. The van der Waals surface area contributed by atoms with Gasteiger partial charge in [-0.05, 0) is 48.3 Å². The van der Waals surface area contributed by atoms with E-state index in [9.17, 15) is 5.26 Å². The minimum Gasteiger partial charge on any atom is -0.310 e. The van der Waals surface area contributed by atoms with Crippen molar-refractivity contribution < 1.29 is 0 Å². The molecule has 5 heteroatoms. The van der Waals surface area contributed by atoms with Gasteiger partial charge in [0.05, 0.1) is 0 Å². The van der Waals surface area contributed by atoms with Crippen molar-refractivity contribution in [3.63, 3.8) is 0 Å². The Hall–Kier alpha value is -2.87. The minimum absolute atomic E-state index is 0.605. The number of hydrogen-bond donors (Lipinski definition) is 0. The average molecular weight is 343 g/mol. The summed E-state index contributed by atoms with van der Waals surface area (Å²) in [6.07, 6.45) is 7.70. The van der Waals surface area contributed by atoms with Crippen molar-refractivity contribution in [3.05, 3.63) is 54.5 Å². The summed E-state index contributed by atoms with van der Waals surface area (Å²) in [6, 6.07) is 14.5. The molecule has 2 fully saturated rings. The van der Waals surface area contributed by atoms with Gasteiger partial charge >= 0.3 is 0 Å². The Morgan fingerprint density at radius 3 is 2.54 bits per heavy atom. The maximum Gasteiger partial charge on any atom is 0.179 e. The average Bonchev–Trinajstić information content (AvgIpc) is 3.19. The monoisotopic (exact) mass is 343 g/mol. The topological polar surface area (TPSA) is 57.2 Å². The van der Waals surface area contributed by atoms with E-state index in [1.54, 1.807) is 0 Å². The number of fused-ring (bicyclic) bond motifs is 3. The molecule has 1 aromatic carbocycles. The smallest absolute Gasteiger partial charge is 0.179 e. The van der Waals surface area contributed by atoms with Gasteiger partial charge in [-0.25, -0.2) is 9.50 Å². The Balaban J connectivity index is 1.46. The first-order valence-corrected chi connectivity index (χ1v) is 9.36. The number of benzene rings is 1. The molecule has 0 radical (unpaired) electrons. The molecule has 1 aliphatic heterocycles. The van der Waals surface area contributed by atoms with Gasteiger partial charge in [0, 0.05) is 31.3 Å². The summed E-state index contributed by atoms with van der Waals surface area (Å²) in [7, 11) is 0. The molecule has 1 unspecified atom stereocenters. The van der Waals surface area contributed by atoms with Crippen molar-refractivity contribution in [2.24, 2.45) is 17.8 Å². The van der Waals surface area contributed by atoms with Crippen LogP contribution in [0.1, 0.15) is 18.7 Å². The number of likely N-dealkylation sites (tertiary alicyclic amines) is 1. The van der Waals surface area contributed by atoms with E-state index in [1.165, 1.54) is 18.4 Å². The van der Waals surface area contributed by atoms with E-state index in [0.717, 1.165) is 36.5 Å². The minimum atomic E-state index is 0.605. The zero-order valence-electron chi connectivity index (χ0n) is 14.6. The Morgan fingerprint density at radius 2 is 1.81 bits per heavy atom. The first-order valence-electron chi connectivity index (χ1n) is 9.36. The molecule has 2 aliphatic rings. The molecule has 0 spiro atoms. The fourth-order valence-electron chi connectivity index (χ4n) is 4.84. The van der Waals surface area contributed by atoms with E-state index in [1.807, 2.05) is 27.7 Å². The molecule has 130 valence electrons. The third-order valence-electron chi connectivity index (χ3n) is 6.08. The van der Waals surface area contributed by atoms with Gasteiger partial charge in [0.15, 0.2) is 17.7 Å². The summed E-state index contributed by atoms with van der Waals surface area (Å²) >= 11 is 0. The summed E-state index contributed by atoms with van der Waals surface area (Å²) < 4.78 is 1.91. The summed E-state index contributed by atoms with van der Waals surface area (Å²) in [5.74, 6) is 2.75. The number of rotatable bonds is 3. The van der Waals surface area contributed by atoms with Crippen LogP contribution in [0.5, 0.6) is 0 Å². The van der Waals surface area contributed by atoms with Crippen LogP contribution in [0, 0.1) is 29.2 Å². The van der Waals surface area contributed by atoms with Crippen molar-refractivity contribution in [1.82, 2.24) is 19.5 Å². The maximum absolute atomic E-state index is 9.21. The lowest BCUT2D eigenvalue weighted by molar-refractivity contribution is 0.154. The Labute approximate surface area is 152 Å². The molecule has 2 aromatic heterocycles. The van der Waals surface area contributed by atoms with Crippen LogP contribution in [-0.4, -0.2) is 32.6 Å². The van der Waals surface area contributed by atoms with Crippen molar-refractivity contribution in [1.29, 1.82) is 5.26 Å². The van der Waals surface area contributed by atoms with Gasteiger partial charge in [-0.1, -0.05) is 30.3 Å². The molecule has 5 rings (SSSR count). The van der Waals surface area contributed by atoms with E-state index in [4.69, 9.17) is 10.1 Å². The normalized spacial score (nSPS) is 24.7. The van der Waals surface area contributed by atoms with Crippen LogP contribution >= 0.6 is 0 Å². The third-order valence-corrected chi connectivity index (χ3v) is 6.08. The second-order valence-electron chi connectivity index (χ2n) is 7.55. The third kappa shape index (κ3) is 2.53. The summed E-state index contributed by atoms with van der Waals surface area (Å²) in [5.41, 5.74) is 3.21. The fourth-order valence-corrected chi connectivity index (χ4v) is 4.84. The molecule has 3 aromatic rings. The highest BCUT2D eigenvalue weighted by molar-refractivity contribution is 5.77. The van der Waals surface area contributed by atoms with Crippen LogP contribution in [0.25, 0.3) is 16.8 Å². The predicted octanol–water partition coefficient (Wildman–Crippen LogP) is 3.38. The van der Waals surface area contributed by atoms with Crippen molar-refractivity contribution in [2.75, 3.05) is 13.1 Å². The van der Waals surface area contributed by atoms with E-state index >= 15 is 0 Å². The number of aromatic nitrogens is 3. The molecule has 1 aliphatic carbocycles. The second kappa shape index (κ2) is 6.14. The SMILES string of the molecule is N#CN1C[C@H]2CC[C@@H](C1)C2Cc1nc2c(-c3ccccc3)cccn2n1. The van der Waals surface area contributed by atoms with Crippen molar-refractivity contribution >= 4 is 5.65 Å². The number of piperidine rings is 1. The lowest BCUT2D eigenvalue weighted by Gasteiger charge is -2.34. The van der Waals surface area contributed by atoms with Crippen LogP contribution in [0.15, 0.2) is 48.7 Å². The van der Waals surface area contributed by atoms with E-state index < -0.39 is 0 Å².